The second-order valence-electron chi connectivity index (χ2n) is 8.53. The molecule has 0 spiro atoms. The lowest BCUT2D eigenvalue weighted by molar-refractivity contribution is -0.161. The second-order valence-corrected chi connectivity index (χ2v) is 8.53. The van der Waals surface area contributed by atoms with Gasteiger partial charge in [0.15, 0.2) is 0 Å². The SMILES string of the molecule is C=CC[C@H](C(=O)NOCc1ccccc1)[C@@H](CC(C)C)C(=O)NOC(=O)CCc1ccccc1. The van der Waals surface area contributed by atoms with E-state index in [1.165, 1.54) is 0 Å². The third kappa shape index (κ3) is 9.58. The lowest BCUT2D eigenvalue weighted by Gasteiger charge is -2.25. The molecule has 0 unspecified atom stereocenters. The number of hydroxylamine groups is 2. The van der Waals surface area contributed by atoms with Crippen molar-refractivity contribution in [3.8, 4) is 0 Å². The number of amides is 2. The standard InChI is InChI=1S/C27H34N2O5/c1-4-11-23(26(31)28-33-19-22-14-9-6-10-15-22)24(18-20(2)3)27(32)29-34-25(30)17-16-21-12-7-5-8-13-21/h4-10,12-15,20,23-24H,1,11,16-19H2,2-3H3,(H,28,31)(H,29,32)/t23-,24+/m0/s1. The number of aryl methyl sites for hydroxylation is 1. The van der Waals surface area contributed by atoms with Gasteiger partial charge < -0.3 is 4.84 Å². The number of hydrogen-bond acceptors (Lipinski definition) is 5. The summed E-state index contributed by atoms with van der Waals surface area (Å²) in [5, 5.41) is 0. The van der Waals surface area contributed by atoms with Gasteiger partial charge in [0, 0.05) is 0 Å². The van der Waals surface area contributed by atoms with E-state index in [1.807, 2.05) is 74.5 Å². The van der Waals surface area contributed by atoms with E-state index in [0.29, 0.717) is 12.8 Å². The molecule has 7 nitrogen and oxygen atoms in total. The van der Waals surface area contributed by atoms with Crippen molar-refractivity contribution in [1.82, 2.24) is 11.0 Å². The Labute approximate surface area is 201 Å². The van der Waals surface area contributed by atoms with Crippen molar-refractivity contribution in [2.75, 3.05) is 0 Å². The third-order valence-electron chi connectivity index (χ3n) is 5.29. The Morgan fingerprint density at radius 3 is 2.06 bits per heavy atom. The molecule has 0 aromatic heterocycles. The number of carbonyl (C=O) groups excluding carboxylic acids is 3. The Bertz CT molecular complexity index is 915. The maximum absolute atomic E-state index is 12.9. The van der Waals surface area contributed by atoms with E-state index in [9.17, 15) is 14.4 Å². The van der Waals surface area contributed by atoms with Gasteiger partial charge in [0.25, 0.3) is 5.91 Å². The van der Waals surface area contributed by atoms with Crippen LogP contribution in [0.5, 0.6) is 0 Å². The van der Waals surface area contributed by atoms with Crippen molar-refractivity contribution in [3.05, 3.63) is 84.4 Å². The monoisotopic (exact) mass is 466 g/mol. The molecule has 0 aliphatic carbocycles. The minimum atomic E-state index is -0.723. The molecule has 0 heterocycles. The van der Waals surface area contributed by atoms with Crippen LogP contribution in [-0.4, -0.2) is 17.8 Å². The van der Waals surface area contributed by atoms with Gasteiger partial charge in [-0.2, -0.15) is 5.48 Å². The maximum atomic E-state index is 12.9. The molecule has 0 radical (unpaired) electrons. The highest BCUT2D eigenvalue weighted by atomic mass is 16.7. The quantitative estimate of drug-likeness (QED) is 0.339. The molecule has 0 saturated heterocycles. The number of carbonyl (C=O) groups is 3. The molecule has 7 heteroatoms. The molecule has 2 rings (SSSR count). The fraction of sp³-hybridized carbons (Fsp3) is 0.370. The Hall–Kier alpha value is -3.45. The van der Waals surface area contributed by atoms with E-state index in [-0.39, 0.29) is 25.4 Å². The van der Waals surface area contributed by atoms with Gasteiger partial charge >= 0.3 is 5.97 Å². The molecule has 0 aliphatic rings. The lowest BCUT2D eigenvalue weighted by atomic mass is 9.82. The van der Waals surface area contributed by atoms with Crippen LogP contribution >= 0.6 is 0 Å². The van der Waals surface area contributed by atoms with Crippen LogP contribution in [0.1, 0.15) is 44.2 Å². The smallest absolute Gasteiger partial charge is 0.332 e. The minimum absolute atomic E-state index is 0.128. The first-order chi connectivity index (χ1) is 16.4. The summed E-state index contributed by atoms with van der Waals surface area (Å²) >= 11 is 0. The molecule has 0 bridgehead atoms. The average Bonchev–Trinajstić information content (AvgIpc) is 2.84. The summed E-state index contributed by atoms with van der Waals surface area (Å²) in [6, 6.07) is 19.0. The fourth-order valence-electron chi connectivity index (χ4n) is 3.56. The van der Waals surface area contributed by atoms with E-state index in [4.69, 9.17) is 9.68 Å². The Morgan fingerprint density at radius 1 is 0.882 bits per heavy atom. The van der Waals surface area contributed by atoms with Crippen LogP contribution in [0, 0.1) is 17.8 Å². The van der Waals surface area contributed by atoms with Gasteiger partial charge in [-0.3, -0.25) is 14.4 Å². The van der Waals surface area contributed by atoms with E-state index in [2.05, 4.69) is 17.5 Å². The maximum Gasteiger partial charge on any atom is 0.332 e. The summed E-state index contributed by atoms with van der Waals surface area (Å²) in [5.41, 5.74) is 6.62. The van der Waals surface area contributed by atoms with Crippen molar-refractivity contribution in [2.24, 2.45) is 17.8 Å². The number of benzene rings is 2. The summed E-state index contributed by atoms with van der Waals surface area (Å²) in [7, 11) is 0. The molecular weight excluding hydrogens is 432 g/mol. The normalized spacial score (nSPS) is 12.4. The zero-order valence-electron chi connectivity index (χ0n) is 19.9. The van der Waals surface area contributed by atoms with Gasteiger partial charge in [-0.1, -0.05) is 80.6 Å². The van der Waals surface area contributed by atoms with Crippen LogP contribution in [0.25, 0.3) is 0 Å². The summed E-state index contributed by atoms with van der Waals surface area (Å²) < 4.78 is 0. The summed E-state index contributed by atoms with van der Waals surface area (Å²) in [6.45, 7) is 7.84. The second kappa shape index (κ2) is 14.6. The molecule has 34 heavy (non-hydrogen) atoms. The van der Waals surface area contributed by atoms with Crippen molar-refractivity contribution < 1.29 is 24.1 Å². The Kier molecular flexibility index (Phi) is 11.5. The van der Waals surface area contributed by atoms with Crippen LogP contribution in [0.15, 0.2) is 73.3 Å². The van der Waals surface area contributed by atoms with Gasteiger partial charge in [-0.15, -0.1) is 6.58 Å². The van der Waals surface area contributed by atoms with Crippen LogP contribution < -0.4 is 11.0 Å². The molecule has 0 aliphatic heterocycles. The highest BCUT2D eigenvalue weighted by molar-refractivity contribution is 5.87. The zero-order valence-corrected chi connectivity index (χ0v) is 19.9. The first-order valence-electron chi connectivity index (χ1n) is 11.5. The van der Waals surface area contributed by atoms with Crippen molar-refractivity contribution >= 4 is 17.8 Å². The van der Waals surface area contributed by atoms with Gasteiger partial charge in [0.1, 0.15) is 0 Å². The fourth-order valence-corrected chi connectivity index (χ4v) is 3.56. The zero-order chi connectivity index (χ0) is 24.8. The summed E-state index contributed by atoms with van der Waals surface area (Å²) in [5.74, 6) is -2.80. The molecule has 2 N–H and O–H groups in total. The van der Waals surface area contributed by atoms with E-state index in [1.54, 1.807) is 6.08 Å². The molecule has 2 aromatic rings. The highest BCUT2D eigenvalue weighted by Crippen LogP contribution is 2.25. The topological polar surface area (TPSA) is 93.7 Å². The minimum Gasteiger partial charge on any atom is -0.341 e. The molecule has 2 atom stereocenters. The molecular formula is C27H34N2O5. The van der Waals surface area contributed by atoms with E-state index < -0.39 is 29.6 Å². The van der Waals surface area contributed by atoms with Crippen molar-refractivity contribution in [1.29, 1.82) is 0 Å². The molecule has 0 fully saturated rings. The Balaban J connectivity index is 1.93. The van der Waals surface area contributed by atoms with Crippen LogP contribution in [0.2, 0.25) is 0 Å². The molecule has 0 saturated carbocycles. The van der Waals surface area contributed by atoms with Crippen LogP contribution in [0.3, 0.4) is 0 Å². The number of rotatable bonds is 13. The predicted molar refractivity (Wildman–Crippen MR) is 130 cm³/mol. The van der Waals surface area contributed by atoms with Crippen LogP contribution in [0.4, 0.5) is 0 Å². The van der Waals surface area contributed by atoms with Crippen molar-refractivity contribution in [3.63, 3.8) is 0 Å². The Morgan fingerprint density at radius 2 is 1.47 bits per heavy atom. The number of nitrogens with one attached hydrogen (secondary N) is 2. The number of allylic oxidation sites excluding steroid dienone is 1. The molecule has 2 aromatic carbocycles. The summed E-state index contributed by atoms with van der Waals surface area (Å²) in [4.78, 5) is 48.3. The highest BCUT2D eigenvalue weighted by Gasteiger charge is 2.34. The van der Waals surface area contributed by atoms with Gasteiger partial charge in [0.05, 0.1) is 24.9 Å². The van der Waals surface area contributed by atoms with E-state index >= 15 is 0 Å². The number of hydrogen-bond donors (Lipinski definition) is 2. The lowest BCUT2D eigenvalue weighted by Crippen LogP contribution is -2.43. The van der Waals surface area contributed by atoms with Gasteiger partial charge in [-0.05, 0) is 36.3 Å². The predicted octanol–water partition coefficient (Wildman–Crippen LogP) is 4.30. The first kappa shape index (κ1) is 26.8. The largest absolute Gasteiger partial charge is 0.341 e. The van der Waals surface area contributed by atoms with Gasteiger partial charge in [0.2, 0.25) is 5.91 Å². The third-order valence-corrected chi connectivity index (χ3v) is 5.29. The van der Waals surface area contributed by atoms with Crippen molar-refractivity contribution in [2.45, 2.75) is 46.1 Å². The average molecular weight is 467 g/mol. The van der Waals surface area contributed by atoms with E-state index in [0.717, 1.165) is 11.1 Å². The van der Waals surface area contributed by atoms with Crippen LogP contribution in [-0.2, 0) is 37.1 Å². The first-order valence-corrected chi connectivity index (χ1v) is 11.5. The molecule has 2 amide bonds. The molecule has 182 valence electrons. The summed E-state index contributed by atoms with van der Waals surface area (Å²) in [6.07, 6.45) is 2.92. The van der Waals surface area contributed by atoms with Gasteiger partial charge in [-0.25, -0.2) is 10.3 Å².